The van der Waals surface area contributed by atoms with Gasteiger partial charge in [0.1, 0.15) is 0 Å². The molecule has 2 heteroatoms. The Labute approximate surface area is 80.4 Å². The molecule has 0 heterocycles. The molecule has 0 aromatic heterocycles. The van der Waals surface area contributed by atoms with E-state index >= 15 is 0 Å². The highest BCUT2D eigenvalue weighted by Crippen LogP contribution is 2.09. The van der Waals surface area contributed by atoms with E-state index in [-0.39, 0.29) is 12.4 Å². The summed E-state index contributed by atoms with van der Waals surface area (Å²) in [4.78, 5) is 0. The third kappa shape index (κ3) is 2.84. The number of halogens is 1. The molecule has 0 bridgehead atoms. The summed E-state index contributed by atoms with van der Waals surface area (Å²) in [5.74, 6) is 0. The number of hydrogen-bond acceptors (Lipinski definition) is 1. The summed E-state index contributed by atoms with van der Waals surface area (Å²) in [5.41, 5.74) is 8.27. The average Bonchev–Trinajstić information content (AvgIpc) is 2.06. The molecule has 0 spiro atoms. The number of benzene rings is 1. The Balaban J connectivity index is 0.00000121. The fourth-order valence-electron chi connectivity index (χ4n) is 1.27. The molecule has 0 unspecified atom stereocenters. The van der Waals surface area contributed by atoms with Crippen LogP contribution in [0.4, 0.5) is 0 Å². The average molecular weight is 186 g/mol. The van der Waals surface area contributed by atoms with Crippen molar-refractivity contribution in [2.24, 2.45) is 5.73 Å². The van der Waals surface area contributed by atoms with Gasteiger partial charge in [0.05, 0.1) is 0 Å². The van der Waals surface area contributed by atoms with Gasteiger partial charge in [-0.1, -0.05) is 37.6 Å². The molecule has 0 radical (unpaired) electrons. The van der Waals surface area contributed by atoms with Crippen molar-refractivity contribution in [1.82, 2.24) is 0 Å². The van der Waals surface area contributed by atoms with Crippen LogP contribution >= 0.6 is 12.4 Å². The fourth-order valence-corrected chi connectivity index (χ4v) is 1.27. The Morgan fingerprint density at radius 1 is 1.17 bits per heavy atom. The van der Waals surface area contributed by atoms with Crippen LogP contribution in [-0.4, -0.2) is 0 Å². The van der Waals surface area contributed by atoms with Crippen molar-refractivity contribution in [2.75, 3.05) is 0 Å². The molecule has 0 aliphatic carbocycles. The van der Waals surface area contributed by atoms with Crippen LogP contribution in [0.5, 0.6) is 0 Å². The van der Waals surface area contributed by atoms with Gasteiger partial charge in [-0.05, 0) is 17.5 Å². The zero-order valence-corrected chi connectivity index (χ0v) is 8.23. The Bertz CT molecular complexity index is 223. The fraction of sp³-hybridized carbons (Fsp3) is 0.400. The maximum Gasteiger partial charge on any atom is 0.0180 e. The summed E-state index contributed by atoms with van der Waals surface area (Å²) in [5, 5.41) is 0. The second-order valence-electron chi connectivity index (χ2n) is 2.72. The molecule has 2 N–H and O–H groups in total. The van der Waals surface area contributed by atoms with Gasteiger partial charge in [0.15, 0.2) is 0 Å². The first-order chi connectivity index (χ1) is 5.38. The van der Waals surface area contributed by atoms with Crippen molar-refractivity contribution >= 4 is 12.4 Å². The molecule has 1 aromatic rings. The maximum atomic E-state index is 5.58. The van der Waals surface area contributed by atoms with Crippen LogP contribution < -0.4 is 5.73 Å². The molecule has 0 fully saturated rings. The molecule has 68 valence electrons. The number of rotatable bonds is 3. The van der Waals surface area contributed by atoms with Crippen LogP contribution in [0.15, 0.2) is 24.3 Å². The Morgan fingerprint density at radius 2 is 1.75 bits per heavy atom. The summed E-state index contributed by atoms with van der Waals surface area (Å²) >= 11 is 0. The molecule has 0 atom stereocenters. The van der Waals surface area contributed by atoms with Crippen molar-refractivity contribution in [2.45, 2.75) is 26.3 Å². The molecule has 1 nitrogen and oxygen atoms in total. The van der Waals surface area contributed by atoms with E-state index in [0.29, 0.717) is 6.54 Å². The van der Waals surface area contributed by atoms with Crippen LogP contribution in [0, 0.1) is 0 Å². The van der Waals surface area contributed by atoms with Gasteiger partial charge >= 0.3 is 0 Å². The minimum absolute atomic E-state index is 0. The maximum absolute atomic E-state index is 5.58. The summed E-state index contributed by atoms with van der Waals surface area (Å²) in [6.45, 7) is 2.85. The van der Waals surface area contributed by atoms with Crippen LogP contribution in [-0.2, 0) is 13.0 Å². The first kappa shape index (κ1) is 11.5. The molecule has 0 aliphatic rings. The standard InChI is InChI=1S/C10H15N.ClH/c1-2-5-9-6-3-4-7-10(9)8-11;/h3-4,6-7H,2,5,8,11H2,1H3;1H. The predicted octanol–water partition coefficient (Wildman–Crippen LogP) is 2.52. The highest BCUT2D eigenvalue weighted by molar-refractivity contribution is 5.85. The number of aryl methyl sites for hydroxylation is 1. The zero-order valence-electron chi connectivity index (χ0n) is 7.42. The van der Waals surface area contributed by atoms with Crippen LogP contribution in [0.1, 0.15) is 24.5 Å². The van der Waals surface area contributed by atoms with Gasteiger partial charge in [0.2, 0.25) is 0 Å². The smallest absolute Gasteiger partial charge is 0.0180 e. The normalized spacial score (nSPS) is 9.17. The van der Waals surface area contributed by atoms with Gasteiger partial charge in [-0.25, -0.2) is 0 Å². The third-order valence-electron chi connectivity index (χ3n) is 1.86. The topological polar surface area (TPSA) is 26.0 Å². The largest absolute Gasteiger partial charge is 0.326 e. The lowest BCUT2D eigenvalue weighted by Crippen LogP contribution is -2.00. The van der Waals surface area contributed by atoms with Gasteiger partial charge in [-0.15, -0.1) is 12.4 Å². The van der Waals surface area contributed by atoms with E-state index in [1.807, 2.05) is 6.07 Å². The molecule has 0 amide bonds. The van der Waals surface area contributed by atoms with E-state index in [9.17, 15) is 0 Å². The van der Waals surface area contributed by atoms with Gasteiger partial charge < -0.3 is 5.73 Å². The highest BCUT2D eigenvalue weighted by Gasteiger charge is 1.96. The van der Waals surface area contributed by atoms with Gasteiger partial charge in [-0.3, -0.25) is 0 Å². The zero-order chi connectivity index (χ0) is 8.10. The molecular formula is C10H16ClN. The predicted molar refractivity (Wildman–Crippen MR) is 55.6 cm³/mol. The minimum atomic E-state index is 0. The summed E-state index contributed by atoms with van der Waals surface area (Å²) in [6, 6.07) is 8.38. The first-order valence-corrected chi connectivity index (χ1v) is 4.15. The van der Waals surface area contributed by atoms with E-state index in [0.717, 1.165) is 6.42 Å². The second-order valence-corrected chi connectivity index (χ2v) is 2.72. The molecule has 0 aliphatic heterocycles. The quantitative estimate of drug-likeness (QED) is 0.770. The van der Waals surface area contributed by atoms with Crippen molar-refractivity contribution in [3.63, 3.8) is 0 Å². The second kappa shape index (κ2) is 6.04. The van der Waals surface area contributed by atoms with E-state index < -0.39 is 0 Å². The van der Waals surface area contributed by atoms with E-state index in [1.54, 1.807) is 0 Å². The first-order valence-electron chi connectivity index (χ1n) is 4.15. The molecule has 1 aromatic carbocycles. The molecule has 1 rings (SSSR count). The number of nitrogens with two attached hydrogens (primary N) is 1. The highest BCUT2D eigenvalue weighted by atomic mass is 35.5. The Morgan fingerprint density at radius 3 is 2.25 bits per heavy atom. The van der Waals surface area contributed by atoms with Crippen LogP contribution in [0.25, 0.3) is 0 Å². The lowest BCUT2D eigenvalue weighted by molar-refractivity contribution is 0.893. The van der Waals surface area contributed by atoms with E-state index in [1.165, 1.54) is 17.5 Å². The summed E-state index contributed by atoms with van der Waals surface area (Å²) in [7, 11) is 0. The van der Waals surface area contributed by atoms with Gasteiger partial charge in [-0.2, -0.15) is 0 Å². The molecule has 0 saturated carbocycles. The minimum Gasteiger partial charge on any atom is -0.326 e. The SMILES string of the molecule is CCCc1ccccc1CN.Cl. The Kier molecular flexibility index (Phi) is 5.77. The summed E-state index contributed by atoms with van der Waals surface area (Å²) < 4.78 is 0. The van der Waals surface area contributed by atoms with Gasteiger partial charge in [0.25, 0.3) is 0 Å². The van der Waals surface area contributed by atoms with Crippen LogP contribution in [0.2, 0.25) is 0 Å². The summed E-state index contributed by atoms with van der Waals surface area (Å²) in [6.07, 6.45) is 2.34. The lowest BCUT2D eigenvalue weighted by Gasteiger charge is -2.04. The molecular weight excluding hydrogens is 170 g/mol. The third-order valence-corrected chi connectivity index (χ3v) is 1.86. The molecule has 0 saturated heterocycles. The molecule has 12 heavy (non-hydrogen) atoms. The Hall–Kier alpha value is -0.530. The van der Waals surface area contributed by atoms with Crippen molar-refractivity contribution < 1.29 is 0 Å². The monoisotopic (exact) mass is 185 g/mol. The lowest BCUT2D eigenvalue weighted by atomic mass is 10.0. The van der Waals surface area contributed by atoms with Crippen molar-refractivity contribution in [3.05, 3.63) is 35.4 Å². The van der Waals surface area contributed by atoms with Crippen molar-refractivity contribution in [3.8, 4) is 0 Å². The van der Waals surface area contributed by atoms with Gasteiger partial charge in [0, 0.05) is 6.54 Å². The van der Waals surface area contributed by atoms with Crippen molar-refractivity contribution in [1.29, 1.82) is 0 Å². The van der Waals surface area contributed by atoms with E-state index in [2.05, 4.69) is 25.1 Å². The van der Waals surface area contributed by atoms with Crippen LogP contribution in [0.3, 0.4) is 0 Å². The van der Waals surface area contributed by atoms with E-state index in [4.69, 9.17) is 5.73 Å². The number of hydrogen-bond donors (Lipinski definition) is 1.